The number of guanidine groups is 1. The summed E-state index contributed by atoms with van der Waals surface area (Å²) in [6, 6.07) is 19.1. The van der Waals surface area contributed by atoms with Gasteiger partial charge < -0.3 is 15.7 Å². The Morgan fingerprint density at radius 3 is 2.66 bits per heavy atom. The molecule has 2 atom stereocenters. The van der Waals surface area contributed by atoms with Crippen LogP contribution in [-0.2, 0) is 13.0 Å². The fourth-order valence-electron chi connectivity index (χ4n) is 3.93. The highest BCUT2D eigenvalue weighted by molar-refractivity contribution is 5.80. The van der Waals surface area contributed by atoms with E-state index in [9.17, 15) is 5.11 Å². The molecule has 1 heterocycles. The Morgan fingerprint density at radius 2 is 1.93 bits per heavy atom. The number of phenols is 1. The number of likely N-dealkylation sites (tertiary alicyclic amines) is 1. The predicted molar refractivity (Wildman–Crippen MR) is 120 cm³/mol. The topological polar surface area (TPSA) is 59.9 Å². The number of nitrogens with zero attached hydrogens (tertiary/aromatic N) is 2. The van der Waals surface area contributed by atoms with E-state index in [2.05, 4.69) is 59.7 Å². The molecule has 1 aliphatic heterocycles. The molecule has 5 heteroatoms. The van der Waals surface area contributed by atoms with Gasteiger partial charge in [0.1, 0.15) is 5.75 Å². The first-order valence-electron chi connectivity index (χ1n) is 10.7. The maximum atomic E-state index is 9.60. The molecule has 2 aromatic rings. The second-order valence-corrected chi connectivity index (χ2v) is 7.85. The number of piperidine rings is 1. The lowest BCUT2D eigenvalue weighted by atomic mass is 9.97. The molecule has 29 heavy (non-hydrogen) atoms. The molecule has 1 aliphatic rings. The lowest BCUT2D eigenvalue weighted by Gasteiger charge is -2.38. The molecule has 0 saturated carbocycles. The van der Waals surface area contributed by atoms with Gasteiger partial charge in [0.25, 0.3) is 0 Å². The van der Waals surface area contributed by atoms with Crippen LogP contribution in [0.5, 0.6) is 5.75 Å². The molecule has 2 unspecified atom stereocenters. The predicted octanol–water partition coefficient (Wildman–Crippen LogP) is 3.54. The average Bonchev–Trinajstić information content (AvgIpc) is 2.71. The summed E-state index contributed by atoms with van der Waals surface area (Å²) in [4.78, 5) is 7.31. The van der Waals surface area contributed by atoms with Gasteiger partial charge in [-0.2, -0.15) is 0 Å². The Labute approximate surface area is 174 Å². The Bertz CT molecular complexity index is 777. The van der Waals surface area contributed by atoms with Gasteiger partial charge in [0.15, 0.2) is 5.96 Å². The number of nitrogens with one attached hydrogen (secondary N) is 2. The van der Waals surface area contributed by atoms with E-state index in [0.717, 1.165) is 50.4 Å². The number of aliphatic imine (C=N–C) groups is 1. The zero-order valence-corrected chi connectivity index (χ0v) is 17.6. The van der Waals surface area contributed by atoms with Gasteiger partial charge in [-0.3, -0.25) is 9.89 Å². The summed E-state index contributed by atoms with van der Waals surface area (Å²) in [5.74, 6) is 1.20. The average molecular weight is 395 g/mol. The number of aromatic hydroxyl groups is 1. The zero-order chi connectivity index (χ0) is 20.5. The van der Waals surface area contributed by atoms with E-state index < -0.39 is 0 Å². The third kappa shape index (κ3) is 6.79. The van der Waals surface area contributed by atoms with Crippen molar-refractivity contribution in [3.63, 3.8) is 0 Å². The second kappa shape index (κ2) is 10.9. The Morgan fingerprint density at radius 1 is 1.14 bits per heavy atom. The minimum atomic E-state index is 0.313. The van der Waals surface area contributed by atoms with Gasteiger partial charge in [0, 0.05) is 38.3 Å². The maximum Gasteiger partial charge on any atom is 0.191 e. The van der Waals surface area contributed by atoms with Crippen LogP contribution >= 0.6 is 0 Å². The molecule has 1 fully saturated rings. The first-order valence-corrected chi connectivity index (χ1v) is 10.7. The Balaban J connectivity index is 1.50. The lowest BCUT2D eigenvalue weighted by molar-refractivity contribution is 0.134. The van der Waals surface area contributed by atoms with E-state index in [4.69, 9.17) is 4.99 Å². The zero-order valence-electron chi connectivity index (χ0n) is 17.6. The fraction of sp³-hybridized carbons (Fsp3) is 0.458. The summed E-state index contributed by atoms with van der Waals surface area (Å²) in [5, 5.41) is 16.6. The van der Waals surface area contributed by atoms with Gasteiger partial charge in [-0.05, 0) is 56.4 Å². The normalized spacial score (nSPS) is 20.4. The molecule has 0 spiro atoms. The number of rotatable bonds is 7. The van der Waals surface area contributed by atoms with Crippen molar-refractivity contribution in [3.8, 4) is 5.75 Å². The van der Waals surface area contributed by atoms with E-state index in [0.29, 0.717) is 24.4 Å². The summed E-state index contributed by atoms with van der Waals surface area (Å²) < 4.78 is 0. The van der Waals surface area contributed by atoms with Gasteiger partial charge in [0.05, 0.1) is 0 Å². The molecule has 3 N–H and O–H groups in total. The number of benzene rings is 2. The van der Waals surface area contributed by atoms with Crippen LogP contribution in [0.1, 0.15) is 37.8 Å². The van der Waals surface area contributed by atoms with Crippen molar-refractivity contribution in [1.82, 2.24) is 15.5 Å². The summed E-state index contributed by atoms with van der Waals surface area (Å²) >= 11 is 0. The van der Waals surface area contributed by atoms with Gasteiger partial charge >= 0.3 is 0 Å². The highest BCUT2D eigenvalue weighted by Gasteiger charge is 2.25. The van der Waals surface area contributed by atoms with Crippen molar-refractivity contribution in [2.45, 2.75) is 51.7 Å². The van der Waals surface area contributed by atoms with Crippen LogP contribution in [-0.4, -0.2) is 47.7 Å². The molecule has 0 aromatic heterocycles. The van der Waals surface area contributed by atoms with Crippen molar-refractivity contribution >= 4 is 5.96 Å². The van der Waals surface area contributed by atoms with Crippen molar-refractivity contribution in [2.24, 2.45) is 4.99 Å². The summed E-state index contributed by atoms with van der Waals surface area (Å²) in [6.07, 6.45) is 3.05. The molecule has 0 aliphatic carbocycles. The molecule has 1 saturated heterocycles. The molecule has 156 valence electrons. The molecule has 0 radical (unpaired) electrons. The third-order valence-electron chi connectivity index (χ3n) is 5.51. The van der Waals surface area contributed by atoms with Gasteiger partial charge in [-0.1, -0.05) is 42.5 Å². The van der Waals surface area contributed by atoms with Crippen LogP contribution in [0.4, 0.5) is 0 Å². The van der Waals surface area contributed by atoms with Crippen LogP contribution in [0, 0.1) is 0 Å². The standard InChI is InChI=1S/C24H34N4O/c1-3-25-24(26-14-12-20-10-7-11-23(29)17-20)27-22-13-15-28(19(2)16-22)18-21-8-5-4-6-9-21/h4-11,17,19,22,29H,3,12-16,18H2,1-2H3,(H2,25,26,27). The van der Waals surface area contributed by atoms with E-state index in [1.807, 2.05) is 12.1 Å². The first-order chi connectivity index (χ1) is 14.1. The molecule has 0 bridgehead atoms. The van der Waals surface area contributed by atoms with Crippen LogP contribution in [0.25, 0.3) is 0 Å². The first kappa shape index (κ1) is 21.2. The number of phenolic OH excluding ortho intramolecular Hbond substituents is 1. The van der Waals surface area contributed by atoms with E-state index in [-0.39, 0.29) is 0 Å². The van der Waals surface area contributed by atoms with Gasteiger partial charge in [-0.15, -0.1) is 0 Å². The van der Waals surface area contributed by atoms with Crippen LogP contribution in [0.2, 0.25) is 0 Å². The van der Waals surface area contributed by atoms with Crippen LogP contribution < -0.4 is 10.6 Å². The van der Waals surface area contributed by atoms with E-state index in [1.54, 1.807) is 12.1 Å². The highest BCUT2D eigenvalue weighted by atomic mass is 16.3. The summed E-state index contributed by atoms with van der Waals surface area (Å²) in [6.45, 7) is 8.07. The van der Waals surface area contributed by atoms with Crippen molar-refractivity contribution in [3.05, 3.63) is 65.7 Å². The second-order valence-electron chi connectivity index (χ2n) is 7.85. The summed E-state index contributed by atoms with van der Waals surface area (Å²) in [5.41, 5.74) is 2.49. The number of hydrogen-bond donors (Lipinski definition) is 3. The fourth-order valence-corrected chi connectivity index (χ4v) is 3.93. The van der Waals surface area contributed by atoms with Crippen molar-refractivity contribution < 1.29 is 5.11 Å². The van der Waals surface area contributed by atoms with Gasteiger partial charge in [0.2, 0.25) is 0 Å². The monoisotopic (exact) mass is 394 g/mol. The maximum absolute atomic E-state index is 9.60. The van der Waals surface area contributed by atoms with Crippen molar-refractivity contribution in [2.75, 3.05) is 19.6 Å². The lowest BCUT2D eigenvalue weighted by Crippen LogP contribution is -2.51. The SMILES string of the molecule is CCNC(=NCCc1cccc(O)c1)NC1CCN(Cc2ccccc2)C(C)C1. The highest BCUT2D eigenvalue weighted by Crippen LogP contribution is 2.20. The summed E-state index contributed by atoms with van der Waals surface area (Å²) in [7, 11) is 0. The minimum Gasteiger partial charge on any atom is -0.508 e. The third-order valence-corrected chi connectivity index (χ3v) is 5.51. The Hall–Kier alpha value is -2.53. The van der Waals surface area contributed by atoms with E-state index in [1.165, 1.54) is 5.56 Å². The molecule has 0 amide bonds. The molecular formula is C24H34N4O. The smallest absolute Gasteiger partial charge is 0.191 e. The van der Waals surface area contributed by atoms with E-state index >= 15 is 0 Å². The molecule has 2 aromatic carbocycles. The van der Waals surface area contributed by atoms with Crippen LogP contribution in [0.15, 0.2) is 59.6 Å². The quantitative estimate of drug-likeness (QED) is 0.497. The minimum absolute atomic E-state index is 0.313. The number of hydrogen-bond acceptors (Lipinski definition) is 3. The van der Waals surface area contributed by atoms with Crippen molar-refractivity contribution in [1.29, 1.82) is 0 Å². The van der Waals surface area contributed by atoms with Gasteiger partial charge in [-0.25, -0.2) is 0 Å². The Kier molecular flexibility index (Phi) is 7.94. The molecule has 5 nitrogen and oxygen atoms in total. The van der Waals surface area contributed by atoms with Crippen LogP contribution in [0.3, 0.4) is 0 Å². The molecular weight excluding hydrogens is 360 g/mol. The largest absolute Gasteiger partial charge is 0.508 e. The molecule has 3 rings (SSSR count).